The first-order chi connectivity index (χ1) is 7.70. The fraction of sp³-hybridized carbons (Fsp3) is 0.727. The van der Waals surface area contributed by atoms with Gasteiger partial charge in [-0.3, -0.25) is 9.58 Å². The first kappa shape index (κ1) is 11.4. The van der Waals surface area contributed by atoms with Crippen molar-refractivity contribution in [3.05, 3.63) is 11.8 Å². The molecule has 90 valence electrons. The molecule has 5 heteroatoms. The van der Waals surface area contributed by atoms with Gasteiger partial charge in [0.15, 0.2) is 0 Å². The third-order valence-electron chi connectivity index (χ3n) is 3.37. The molecule has 2 heterocycles. The summed E-state index contributed by atoms with van der Waals surface area (Å²) in [6.45, 7) is 8.88. The van der Waals surface area contributed by atoms with Crippen LogP contribution in [0.4, 0.5) is 5.82 Å². The Balaban J connectivity index is 1.89. The zero-order chi connectivity index (χ0) is 11.5. The van der Waals surface area contributed by atoms with Gasteiger partial charge < -0.3 is 10.6 Å². The van der Waals surface area contributed by atoms with E-state index in [9.17, 15) is 0 Å². The maximum absolute atomic E-state index is 5.94. The lowest BCUT2D eigenvalue weighted by Crippen LogP contribution is -2.45. The van der Waals surface area contributed by atoms with Gasteiger partial charge in [-0.2, -0.15) is 5.10 Å². The van der Waals surface area contributed by atoms with E-state index in [-0.39, 0.29) is 0 Å². The molecule has 0 radical (unpaired) electrons. The van der Waals surface area contributed by atoms with Crippen LogP contribution in [0.25, 0.3) is 0 Å². The molecule has 0 unspecified atom stereocenters. The SMILES string of the molecule is CCN1CCN(Cc2cnn(C)c2N)CC1. The minimum absolute atomic E-state index is 0.790. The van der Waals surface area contributed by atoms with Crippen LogP contribution in [0.2, 0.25) is 0 Å². The van der Waals surface area contributed by atoms with Gasteiger partial charge in [0.2, 0.25) is 0 Å². The number of hydrogen-bond acceptors (Lipinski definition) is 4. The Morgan fingerprint density at radius 2 is 1.88 bits per heavy atom. The van der Waals surface area contributed by atoms with Gasteiger partial charge in [0.25, 0.3) is 0 Å². The van der Waals surface area contributed by atoms with Crippen LogP contribution in [0.15, 0.2) is 6.20 Å². The quantitative estimate of drug-likeness (QED) is 0.792. The summed E-state index contributed by atoms with van der Waals surface area (Å²) in [6.07, 6.45) is 1.88. The molecule has 0 aromatic carbocycles. The molecule has 2 rings (SSSR count). The predicted octanol–water partition coefficient (Wildman–Crippen LogP) is 0.140. The molecule has 0 saturated carbocycles. The second kappa shape index (κ2) is 4.84. The fourth-order valence-corrected chi connectivity index (χ4v) is 2.12. The van der Waals surface area contributed by atoms with Crippen molar-refractivity contribution >= 4 is 5.82 Å². The van der Waals surface area contributed by atoms with E-state index in [0.717, 1.165) is 50.6 Å². The molecule has 2 N–H and O–H groups in total. The van der Waals surface area contributed by atoms with Crippen LogP contribution in [-0.2, 0) is 13.6 Å². The Labute approximate surface area is 96.8 Å². The number of aryl methyl sites for hydroxylation is 1. The third kappa shape index (κ3) is 2.36. The number of anilines is 1. The van der Waals surface area contributed by atoms with Gasteiger partial charge in [0.1, 0.15) is 5.82 Å². The van der Waals surface area contributed by atoms with Crippen LogP contribution >= 0.6 is 0 Å². The molecule has 1 aliphatic rings. The highest BCUT2D eigenvalue weighted by atomic mass is 15.3. The highest BCUT2D eigenvalue weighted by Crippen LogP contribution is 2.13. The first-order valence-electron chi connectivity index (χ1n) is 5.91. The van der Waals surface area contributed by atoms with Gasteiger partial charge in [-0.05, 0) is 6.54 Å². The Morgan fingerprint density at radius 3 is 2.38 bits per heavy atom. The smallest absolute Gasteiger partial charge is 0.125 e. The predicted molar refractivity (Wildman–Crippen MR) is 65.0 cm³/mol. The summed E-state index contributed by atoms with van der Waals surface area (Å²) in [5.74, 6) is 0.790. The lowest BCUT2D eigenvalue weighted by atomic mass is 10.2. The van der Waals surface area contributed by atoms with Crippen LogP contribution in [0.1, 0.15) is 12.5 Å². The number of aromatic nitrogens is 2. The highest BCUT2D eigenvalue weighted by Gasteiger charge is 2.17. The van der Waals surface area contributed by atoms with Gasteiger partial charge >= 0.3 is 0 Å². The van der Waals surface area contributed by atoms with E-state index in [4.69, 9.17) is 5.73 Å². The lowest BCUT2D eigenvalue weighted by molar-refractivity contribution is 0.132. The van der Waals surface area contributed by atoms with Crippen molar-refractivity contribution in [2.75, 3.05) is 38.5 Å². The number of piperazine rings is 1. The molecule has 0 amide bonds. The molecule has 0 spiro atoms. The zero-order valence-corrected chi connectivity index (χ0v) is 10.2. The molecule has 0 bridgehead atoms. The Bertz CT molecular complexity index is 338. The monoisotopic (exact) mass is 223 g/mol. The molecular weight excluding hydrogens is 202 g/mol. The summed E-state index contributed by atoms with van der Waals surface area (Å²) in [4.78, 5) is 4.92. The molecule has 1 aromatic rings. The number of nitrogens with zero attached hydrogens (tertiary/aromatic N) is 4. The van der Waals surface area contributed by atoms with E-state index >= 15 is 0 Å². The van der Waals surface area contributed by atoms with Crippen LogP contribution < -0.4 is 5.73 Å². The van der Waals surface area contributed by atoms with Crippen LogP contribution in [0.5, 0.6) is 0 Å². The van der Waals surface area contributed by atoms with Crippen LogP contribution in [-0.4, -0.2) is 52.3 Å². The largest absolute Gasteiger partial charge is 0.384 e. The summed E-state index contributed by atoms with van der Waals surface area (Å²) in [5.41, 5.74) is 7.08. The number of rotatable bonds is 3. The summed E-state index contributed by atoms with van der Waals surface area (Å²) < 4.78 is 1.73. The standard InChI is InChI=1S/C11H21N5/c1-3-15-4-6-16(7-5-15)9-10-8-13-14(2)11(10)12/h8H,3-7,9,12H2,1-2H3. The van der Waals surface area contributed by atoms with Gasteiger partial charge in [0, 0.05) is 45.3 Å². The molecule has 16 heavy (non-hydrogen) atoms. The molecule has 0 aliphatic carbocycles. The first-order valence-corrected chi connectivity index (χ1v) is 5.91. The van der Waals surface area contributed by atoms with Crippen molar-refractivity contribution in [2.24, 2.45) is 7.05 Å². The summed E-state index contributed by atoms with van der Waals surface area (Å²) in [5, 5.41) is 4.17. The number of nitrogens with two attached hydrogens (primary N) is 1. The maximum atomic E-state index is 5.94. The summed E-state index contributed by atoms with van der Waals surface area (Å²) in [6, 6.07) is 0. The van der Waals surface area contributed by atoms with E-state index in [1.165, 1.54) is 0 Å². The van der Waals surface area contributed by atoms with E-state index in [0.29, 0.717) is 0 Å². The summed E-state index contributed by atoms with van der Waals surface area (Å²) >= 11 is 0. The van der Waals surface area contributed by atoms with Gasteiger partial charge in [-0.15, -0.1) is 0 Å². The highest BCUT2D eigenvalue weighted by molar-refractivity contribution is 5.38. The van der Waals surface area contributed by atoms with E-state index in [2.05, 4.69) is 21.8 Å². The fourth-order valence-electron chi connectivity index (χ4n) is 2.12. The van der Waals surface area contributed by atoms with E-state index in [1.54, 1.807) is 4.68 Å². The minimum atomic E-state index is 0.790. The van der Waals surface area contributed by atoms with Crippen molar-refractivity contribution in [2.45, 2.75) is 13.5 Å². The van der Waals surface area contributed by atoms with E-state index < -0.39 is 0 Å². The molecule has 1 fully saturated rings. The Hall–Kier alpha value is -1.07. The van der Waals surface area contributed by atoms with Crippen molar-refractivity contribution < 1.29 is 0 Å². The maximum Gasteiger partial charge on any atom is 0.125 e. The minimum Gasteiger partial charge on any atom is -0.384 e. The average Bonchev–Trinajstić information content (AvgIpc) is 2.62. The second-order valence-electron chi connectivity index (χ2n) is 4.39. The van der Waals surface area contributed by atoms with Gasteiger partial charge in [-0.1, -0.05) is 6.92 Å². The number of nitrogen functional groups attached to an aromatic ring is 1. The number of likely N-dealkylation sites (N-methyl/N-ethyl adjacent to an activating group) is 1. The van der Waals surface area contributed by atoms with Crippen molar-refractivity contribution in [1.82, 2.24) is 19.6 Å². The zero-order valence-electron chi connectivity index (χ0n) is 10.2. The molecule has 5 nitrogen and oxygen atoms in total. The lowest BCUT2D eigenvalue weighted by Gasteiger charge is -2.33. The topological polar surface area (TPSA) is 50.3 Å². The normalized spacial score (nSPS) is 19.1. The van der Waals surface area contributed by atoms with Gasteiger partial charge in [0.05, 0.1) is 6.20 Å². The van der Waals surface area contributed by atoms with E-state index in [1.807, 2.05) is 13.2 Å². The van der Waals surface area contributed by atoms with Crippen molar-refractivity contribution in [3.63, 3.8) is 0 Å². The summed E-state index contributed by atoms with van der Waals surface area (Å²) in [7, 11) is 1.88. The van der Waals surface area contributed by atoms with Crippen LogP contribution in [0, 0.1) is 0 Å². The van der Waals surface area contributed by atoms with Crippen LogP contribution in [0.3, 0.4) is 0 Å². The van der Waals surface area contributed by atoms with Crippen molar-refractivity contribution in [3.8, 4) is 0 Å². The molecule has 1 aromatic heterocycles. The Morgan fingerprint density at radius 1 is 1.25 bits per heavy atom. The average molecular weight is 223 g/mol. The molecule has 0 atom stereocenters. The molecule has 1 aliphatic heterocycles. The second-order valence-corrected chi connectivity index (χ2v) is 4.39. The van der Waals surface area contributed by atoms with Crippen molar-refractivity contribution in [1.29, 1.82) is 0 Å². The number of hydrogen-bond donors (Lipinski definition) is 1. The third-order valence-corrected chi connectivity index (χ3v) is 3.37. The molecular formula is C11H21N5. The Kier molecular flexibility index (Phi) is 3.46. The van der Waals surface area contributed by atoms with Gasteiger partial charge in [-0.25, -0.2) is 0 Å². The molecule has 1 saturated heterocycles.